The first kappa shape index (κ1) is 25.9. The standard InChI is InChI=1S/C27H24F3N5O4/c1-15-33-34-24(38-15)18-12-13-21(36)23-22(18)26(2,3)14-35(23)20-7-5-4-6-19(20)32-25(37)31-16-8-10-17(11-9-16)39-27(28,29)30/h4-13,36H,14H2,1-3H3,(H2,31,32,37). The van der Waals surface area contributed by atoms with E-state index in [1.165, 1.54) is 12.1 Å². The summed E-state index contributed by atoms with van der Waals surface area (Å²) in [7, 11) is 0. The van der Waals surface area contributed by atoms with E-state index < -0.39 is 23.6 Å². The number of carbonyl (C=O) groups excluding carboxylic acids is 1. The summed E-state index contributed by atoms with van der Waals surface area (Å²) in [5, 5.41) is 24.4. The summed E-state index contributed by atoms with van der Waals surface area (Å²) < 4.78 is 46.7. The van der Waals surface area contributed by atoms with E-state index in [9.17, 15) is 23.1 Å². The van der Waals surface area contributed by atoms with Crippen molar-refractivity contribution in [1.82, 2.24) is 10.2 Å². The molecule has 202 valence electrons. The number of nitrogens with one attached hydrogen (secondary N) is 2. The minimum Gasteiger partial charge on any atom is -0.506 e. The number of fused-ring (bicyclic) bond motifs is 1. The zero-order valence-corrected chi connectivity index (χ0v) is 21.1. The van der Waals surface area contributed by atoms with Gasteiger partial charge in [0.25, 0.3) is 0 Å². The topological polar surface area (TPSA) is 113 Å². The van der Waals surface area contributed by atoms with Gasteiger partial charge in [-0.3, -0.25) is 0 Å². The number of hydrogen-bond donors (Lipinski definition) is 3. The van der Waals surface area contributed by atoms with E-state index in [1.54, 1.807) is 31.2 Å². The summed E-state index contributed by atoms with van der Waals surface area (Å²) in [5.41, 5.74) is 2.99. The Bertz CT molecular complexity index is 1530. The second-order valence-corrected chi connectivity index (χ2v) is 9.62. The molecule has 9 nitrogen and oxygen atoms in total. The van der Waals surface area contributed by atoms with Crippen LogP contribution in [0.5, 0.6) is 11.5 Å². The van der Waals surface area contributed by atoms with E-state index in [4.69, 9.17) is 4.42 Å². The van der Waals surface area contributed by atoms with Crippen molar-refractivity contribution in [2.24, 2.45) is 0 Å². The van der Waals surface area contributed by atoms with E-state index in [2.05, 4.69) is 25.6 Å². The maximum atomic E-state index is 12.8. The van der Waals surface area contributed by atoms with Gasteiger partial charge in [0, 0.05) is 30.1 Å². The number of urea groups is 1. The van der Waals surface area contributed by atoms with Gasteiger partial charge >= 0.3 is 12.4 Å². The minimum absolute atomic E-state index is 0.0518. The molecule has 0 unspecified atom stereocenters. The number of halogens is 3. The summed E-state index contributed by atoms with van der Waals surface area (Å²) in [6.45, 7) is 6.24. The van der Waals surface area contributed by atoms with Crippen LogP contribution in [0.1, 0.15) is 25.3 Å². The lowest BCUT2D eigenvalue weighted by molar-refractivity contribution is -0.274. The predicted octanol–water partition coefficient (Wildman–Crippen LogP) is 6.72. The minimum atomic E-state index is -4.81. The highest BCUT2D eigenvalue weighted by molar-refractivity contribution is 6.02. The van der Waals surface area contributed by atoms with Crippen molar-refractivity contribution in [3.05, 3.63) is 72.1 Å². The summed E-state index contributed by atoms with van der Waals surface area (Å²) >= 11 is 0. The van der Waals surface area contributed by atoms with E-state index in [0.717, 1.165) is 17.7 Å². The number of phenolic OH excluding ortho intramolecular Hbond substituents is 1. The zero-order chi connectivity index (χ0) is 27.9. The number of nitrogens with zero attached hydrogens (tertiary/aromatic N) is 3. The first-order valence-corrected chi connectivity index (χ1v) is 11.9. The smallest absolute Gasteiger partial charge is 0.506 e. The van der Waals surface area contributed by atoms with Crippen molar-refractivity contribution in [2.75, 3.05) is 22.1 Å². The molecule has 0 saturated carbocycles. The van der Waals surface area contributed by atoms with E-state index >= 15 is 0 Å². The van der Waals surface area contributed by atoms with Crippen molar-refractivity contribution in [3.8, 4) is 23.0 Å². The molecule has 0 fully saturated rings. The first-order valence-electron chi connectivity index (χ1n) is 11.9. The number of hydrogen-bond acceptors (Lipinski definition) is 7. The molecule has 3 N–H and O–H groups in total. The summed E-state index contributed by atoms with van der Waals surface area (Å²) in [6.07, 6.45) is -4.81. The molecule has 12 heteroatoms. The van der Waals surface area contributed by atoms with Gasteiger partial charge in [0.1, 0.15) is 11.5 Å². The van der Waals surface area contributed by atoms with Crippen LogP contribution < -0.4 is 20.3 Å². The Balaban J connectivity index is 1.43. The average molecular weight is 540 g/mol. The zero-order valence-electron chi connectivity index (χ0n) is 21.1. The Morgan fingerprint density at radius 3 is 2.44 bits per heavy atom. The van der Waals surface area contributed by atoms with E-state index in [0.29, 0.717) is 41.0 Å². The van der Waals surface area contributed by atoms with Crippen LogP contribution in [0.4, 0.5) is 40.7 Å². The van der Waals surface area contributed by atoms with Crippen molar-refractivity contribution in [2.45, 2.75) is 32.5 Å². The van der Waals surface area contributed by atoms with Gasteiger partial charge in [-0.25, -0.2) is 4.79 Å². The van der Waals surface area contributed by atoms with Crippen LogP contribution in [0.2, 0.25) is 0 Å². The third-order valence-electron chi connectivity index (χ3n) is 6.20. The second kappa shape index (κ2) is 9.53. The number of amides is 2. The summed E-state index contributed by atoms with van der Waals surface area (Å²) in [5.74, 6) is 0.415. The van der Waals surface area contributed by atoms with Crippen LogP contribution in [0, 0.1) is 6.92 Å². The Morgan fingerprint density at radius 2 is 1.77 bits per heavy atom. The maximum absolute atomic E-state index is 12.8. The van der Waals surface area contributed by atoms with Crippen molar-refractivity contribution in [3.63, 3.8) is 0 Å². The molecule has 0 saturated heterocycles. The third-order valence-corrected chi connectivity index (χ3v) is 6.20. The Labute approximate surface area is 221 Å². The van der Waals surface area contributed by atoms with E-state index in [1.807, 2.05) is 30.9 Å². The number of alkyl halides is 3. The molecule has 0 atom stereocenters. The average Bonchev–Trinajstić information content (AvgIpc) is 3.41. The normalized spacial score (nSPS) is 14.2. The largest absolute Gasteiger partial charge is 0.573 e. The number of benzene rings is 3. The summed E-state index contributed by atoms with van der Waals surface area (Å²) in [4.78, 5) is 14.7. The molecule has 0 radical (unpaired) electrons. The Hall–Kier alpha value is -4.74. The van der Waals surface area contributed by atoms with Gasteiger partial charge in [-0.1, -0.05) is 26.0 Å². The molecule has 3 aromatic carbocycles. The lowest BCUT2D eigenvalue weighted by Crippen LogP contribution is -2.27. The molecular weight excluding hydrogens is 515 g/mol. The quantitative estimate of drug-likeness (QED) is 0.258. The number of phenols is 1. The lowest BCUT2D eigenvalue weighted by atomic mass is 9.83. The van der Waals surface area contributed by atoms with Crippen molar-refractivity contribution >= 4 is 28.8 Å². The molecule has 1 aliphatic rings. The van der Waals surface area contributed by atoms with E-state index in [-0.39, 0.29) is 11.4 Å². The predicted molar refractivity (Wildman–Crippen MR) is 138 cm³/mol. The molecular formula is C27H24F3N5O4. The fraction of sp³-hybridized carbons (Fsp3) is 0.222. The Kier molecular flexibility index (Phi) is 6.33. The fourth-order valence-electron chi connectivity index (χ4n) is 4.72. The van der Waals surface area contributed by atoms with Gasteiger partial charge in [-0.05, 0) is 54.1 Å². The Morgan fingerprint density at radius 1 is 1.05 bits per heavy atom. The van der Waals surface area contributed by atoms with Crippen LogP contribution in [0.3, 0.4) is 0 Å². The molecule has 4 aromatic rings. The van der Waals surface area contributed by atoms with Gasteiger partial charge in [0.15, 0.2) is 0 Å². The van der Waals surface area contributed by atoms with Gasteiger partial charge in [-0.2, -0.15) is 0 Å². The number of aromatic hydroxyl groups is 1. The van der Waals surface area contributed by atoms with Crippen LogP contribution in [0.15, 0.2) is 65.1 Å². The van der Waals surface area contributed by atoms with Crippen LogP contribution in [0.25, 0.3) is 11.5 Å². The van der Waals surface area contributed by atoms with Gasteiger partial charge in [-0.15, -0.1) is 23.4 Å². The lowest BCUT2D eigenvalue weighted by Gasteiger charge is -2.25. The molecule has 2 amide bonds. The molecule has 0 bridgehead atoms. The highest BCUT2D eigenvalue weighted by Crippen LogP contribution is 2.53. The third kappa shape index (κ3) is 5.31. The molecule has 1 aliphatic heterocycles. The molecule has 39 heavy (non-hydrogen) atoms. The fourth-order valence-corrected chi connectivity index (χ4v) is 4.72. The highest BCUT2D eigenvalue weighted by Gasteiger charge is 2.41. The SMILES string of the molecule is Cc1nnc(-c2ccc(O)c3c2C(C)(C)CN3c2ccccc2NC(=O)Nc2ccc(OC(F)(F)F)cc2)o1. The van der Waals surface area contributed by atoms with Crippen LogP contribution >= 0.6 is 0 Å². The second-order valence-electron chi connectivity index (χ2n) is 9.62. The van der Waals surface area contributed by atoms with Gasteiger partial charge in [0.05, 0.1) is 17.1 Å². The number of ether oxygens (including phenoxy) is 1. The number of para-hydroxylation sites is 2. The number of carbonyl (C=O) groups is 1. The van der Waals surface area contributed by atoms with Crippen LogP contribution in [-0.2, 0) is 5.41 Å². The number of rotatable bonds is 5. The molecule has 0 aliphatic carbocycles. The van der Waals surface area contributed by atoms with Crippen LogP contribution in [-0.4, -0.2) is 34.2 Å². The number of aromatic nitrogens is 2. The summed E-state index contributed by atoms with van der Waals surface area (Å²) in [6, 6.07) is 14.6. The first-order chi connectivity index (χ1) is 18.4. The molecule has 5 rings (SSSR count). The molecule has 1 aromatic heterocycles. The number of aryl methyl sites for hydroxylation is 1. The van der Waals surface area contributed by atoms with Gasteiger partial charge < -0.3 is 29.8 Å². The van der Waals surface area contributed by atoms with Gasteiger partial charge in [0.2, 0.25) is 11.8 Å². The molecule has 2 heterocycles. The maximum Gasteiger partial charge on any atom is 0.573 e. The highest BCUT2D eigenvalue weighted by atomic mass is 19.4. The number of anilines is 4. The van der Waals surface area contributed by atoms with Crippen molar-refractivity contribution in [1.29, 1.82) is 0 Å². The monoisotopic (exact) mass is 539 g/mol. The van der Waals surface area contributed by atoms with Crippen molar-refractivity contribution < 1.29 is 32.2 Å². The molecule has 0 spiro atoms.